The molecule has 0 aliphatic rings. The first kappa shape index (κ1) is 11.0. The molecule has 10 rings (SSSR count). The predicted molar refractivity (Wildman–Crippen MR) is 200 cm³/mol. The number of hydrogen-bond acceptors (Lipinski definition) is 1. The van der Waals surface area contributed by atoms with Gasteiger partial charge in [-0.05, 0) is 89.2 Å². The molecule has 218 valence electrons. The fourth-order valence-corrected chi connectivity index (χ4v) is 5.94. The molecule has 0 fully saturated rings. The van der Waals surface area contributed by atoms with Crippen molar-refractivity contribution >= 4 is 65.0 Å². The second-order valence-electron chi connectivity index (χ2n) is 10.3. The first-order valence-electron chi connectivity index (χ1n) is 27.5. The fourth-order valence-electron chi connectivity index (χ4n) is 5.94. The molecule has 0 saturated heterocycles. The zero-order valence-corrected chi connectivity index (χ0v) is 23.5. The van der Waals surface area contributed by atoms with Crippen molar-refractivity contribution in [3.05, 3.63) is 169 Å². The van der Waals surface area contributed by atoms with E-state index in [2.05, 4.69) is 0 Å². The molecule has 47 heavy (non-hydrogen) atoms. The second-order valence-corrected chi connectivity index (χ2v) is 10.3. The van der Waals surface area contributed by atoms with E-state index in [-0.39, 0.29) is 0 Å². The molecule has 0 aliphatic carbocycles. The number of rotatable bonds is 3. The zero-order chi connectivity index (χ0) is 54.4. The molecule has 0 aliphatic heterocycles. The zero-order valence-electron chi connectivity index (χ0n) is 50.5. The van der Waals surface area contributed by atoms with E-state index in [4.69, 9.17) is 30.5 Å². The molecular formula is C46H28O. The lowest BCUT2D eigenvalue weighted by atomic mass is 9.84. The van der Waals surface area contributed by atoms with Crippen molar-refractivity contribution in [1.82, 2.24) is 0 Å². The van der Waals surface area contributed by atoms with E-state index in [9.17, 15) is 11.0 Å². The summed E-state index contributed by atoms with van der Waals surface area (Å²) in [4.78, 5) is 0. The van der Waals surface area contributed by atoms with Crippen molar-refractivity contribution in [2.75, 3.05) is 0 Å². The van der Waals surface area contributed by atoms with E-state index >= 15 is 0 Å². The van der Waals surface area contributed by atoms with Gasteiger partial charge in [0.05, 0.1) is 37.0 Å². The molecule has 0 saturated carbocycles. The summed E-state index contributed by atoms with van der Waals surface area (Å²) in [5, 5.41) is -5.91. The topological polar surface area (TPSA) is 13.1 Å². The Morgan fingerprint density at radius 2 is 0.957 bits per heavy atom. The predicted octanol–water partition coefficient (Wildman–Crippen LogP) is 13.2. The molecule has 0 unspecified atom stereocenters. The molecule has 9 aromatic carbocycles. The summed E-state index contributed by atoms with van der Waals surface area (Å²) in [5.41, 5.74) is -5.21. The van der Waals surface area contributed by atoms with E-state index in [1.54, 1.807) is 0 Å². The minimum absolute atomic E-state index is 0.452. The minimum Gasteiger partial charge on any atom is -0.455 e. The van der Waals surface area contributed by atoms with Crippen LogP contribution in [0.3, 0.4) is 0 Å². The Bertz CT molecular complexity index is 4300. The van der Waals surface area contributed by atoms with Crippen LogP contribution in [0.25, 0.3) is 98.4 Å². The molecule has 10 aromatic rings. The Balaban J connectivity index is 1.53. The van der Waals surface area contributed by atoms with E-state index in [1.165, 1.54) is 0 Å². The average Bonchev–Trinajstić information content (AvgIpc) is 3.78. The van der Waals surface area contributed by atoms with Gasteiger partial charge in [-0.15, -0.1) is 0 Å². The van der Waals surface area contributed by atoms with Crippen molar-refractivity contribution in [2.45, 2.75) is 0 Å². The summed E-state index contributed by atoms with van der Waals surface area (Å²) in [6.07, 6.45) is 0. The fraction of sp³-hybridized carbons (Fsp3) is 0. The van der Waals surface area contributed by atoms with Crippen LogP contribution in [-0.4, -0.2) is 0 Å². The van der Waals surface area contributed by atoms with Crippen molar-refractivity contribution in [2.24, 2.45) is 0 Å². The Morgan fingerprint density at radius 3 is 1.70 bits per heavy atom. The van der Waals surface area contributed by atoms with Gasteiger partial charge in [0.25, 0.3) is 0 Å². The molecule has 0 amide bonds. The average molecular weight is 624 g/mol. The van der Waals surface area contributed by atoms with Gasteiger partial charge < -0.3 is 4.42 Å². The van der Waals surface area contributed by atoms with Gasteiger partial charge in [-0.1, -0.05) is 151 Å². The first-order chi connectivity index (χ1) is 34.6. The Hall–Kier alpha value is -6.18. The van der Waals surface area contributed by atoms with Gasteiger partial charge in [0.1, 0.15) is 11.2 Å². The molecule has 1 heterocycles. The smallest absolute Gasteiger partial charge is 0.143 e. The van der Waals surface area contributed by atoms with Crippen molar-refractivity contribution in [1.29, 1.82) is 0 Å². The highest BCUT2D eigenvalue weighted by Crippen LogP contribution is 2.48. The molecular weight excluding hydrogens is 569 g/mol. The Kier molecular flexibility index (Phi) is 2.37. The second kappa shape index (κ2) is 10.2. The van der Waals surface area contributed by atoms with Crippen LogP contribution in [0.2, 0.25) is 0 Å². The highest BCUT2D eigenvalue weighted by atomic mass is 16.3. The third-order valence-electron chi connectivity index (χ3n) is 7.88. The van der Waals surface area contributed by atoms with Gasteiger partial charge in [-0.2, -0.15) is 0 Å². The van der Waals surface area contributed by atoms with E-state index in [0.717, 1.165) is 6.07 Å². The van der Waals surface area contributed by atoms with Gasteiger partial charge in [-0.25, -0.2) is 0 Å². The normalized spacial score (nSPS) is 19.9. The third-order valence-corrected chi connectivity index (χ3v) is 7.88. The number of benzene rings is 9. The molecule has 0 N–H and O–H groups in total. The van der Waals surface area contributed by atoms with Crippen LogP contribution in [0.1, 0.15) is 37.0 Å². The molecule has 1 nitrogen and oxygen atoms in total. The van der Waals surface area contributed by atoms with Crippen LogP contribution in [0.5, 0.6) is 0 Å². The molecule has 1 heteroatoms. The van der Waals surface area contributed by atoms with Gasteiger partial charge in [-0.3, -0.25) is 0 Å². The largest absolute Gasteiger partial charge is 0.455 e. The van der Waals surface area contributed by atoms with Crippen LogP contribution in [0, 0.1) is 0 Å². The number of furan rings is 1. The van der Waals surface area contributed by atoms with Crippen LogP contribution in [0.4, 0.5) is 0 Å². The maximum absolute atomic E-state index is 9.87. The van der Waals surface area contributed by atoms with Crippen molar-refractivity contribution < 1.29 is 41.4 Å². The molecule has 1 aromatic heterocycles. The van der Waals surface area contributed by atoms with Crippen LogP contribution in [0.15, 0.2) is 174 Å². The van der Waals surface area contributed by atoms with E-state index < -0.39 is 262 Å². The van der Waals surface area contributed by atoms with Gasteiger partial charge >= 0.3 is 0 Å². The molecule has 0 spiro atoms. The van der Waals surface area contributed by atoms with E-state index in [1.807, 2.05) is 0 Å². The lowest BCUT2D eigenvalue weighted by Gasteiger charge is -2.19. The number of hydrogen-bond donors (Lipinski definition) is 0. The maximum atomic E-state index is 9.87. The van der Waals surface area contributed by atoms with Crippen molar-refractivity contribution in [3.8, 4) is 33.4 Å². The maximum Gasteiger partial charge on any atom is 0.143 e. The van der Waals surface area contributed by atoms with Crippen LogP contribution >= 0.6 is 0 Å². The molecule has 0 bridgehead atoms. The Labute approximate surface area is 309 Å². The van der Waals surface area contributed by atoms with E-state index in [0.29, 0.717) is 0 Å². The quantitative estimate of drug-likeness (QED) is 0.178. The highest BCUT2D eigenvalue weighted by molar-refractivity contribution is 6.27. The molecule has 0 radical (unpaired) electrons. The summed E-state index contributed by atoms with van der Waals surface area (Å²) >= 11 is 0. The monoisotopic (exact) mass is 623 g/mol. The standard InChI is InChI=1S/C46H28O/c1-3-17-33-29(12-1)14-10-23-34(33)31-15-9-16-32(28-31)43-36-19-5-7-21-38(36)44(39-22-8-6-20-37(39)43)40-24-11-25-42-45(40)41-27-26-30-13-2-4-18-35(30)46(41)47-42/h1-28H/i1D,2D,3D,4D,5D,6D,7D,8D,9D,10D,11D,12D,13D,14D,16D,17D,18D,19D,20D,21D,22D,23D,24D,25D,26D,27D,28D. The van der Waals surface area contributed by atoms with Crippen molar-refractivity contribution in [3.63, 3.8) is 0 Å². The minimum atomic E-state index is -0.991. The summed E-state index contributed by atoms with van der Waals surface area (Å²) < 4.78 is 249. The summed E-state index contributed by atoms with van der Waals surface area (Å²) in [6.45, 7) is 0. The van der Waals surface area contributed by atoms with Gasteiger partial charge in [0.15, 0.2) is 0 Å². The van der Waals surface area contributed by atoms with Crippen LogP contribution < -0.4 is 0 Å². The summed E-state index contributed by atoms with van der Waals surface area (Å²) in [5.74, 6) is 0. The lowest BCUT2D eigenvalue weighted by Crippen LogP contribution is -1.91. The summed E-state index contributed by atoms with van der Waals surface area (Å²) in [7, 11) is 0. The third kappa shape index (κ3) is 3.90. The van der Waals surface area contributed by atoms with Gasteiger partial charge in [0, 0.05) is 16.2 Å². The van der Waals surface area contributed by atoms with Crippen LogP contribution in [-0.2, 0) is 0 Å². The molecule has 0 atom stereocenters. The lowest BCUT2D eigenvalue weighted by molar-refractivity contribution is 0.673. The van der Waals surface area contributed by atoms with Gasteiger partial charge in [0.2, 0.25) is 0 Å². The highest BCUT2D eigenvalue weighted by Gasteiger charge is 2.21. The first-order valence-corrected chi connectivity index (χ1v) is 14.0. The number of fused-ring (bicyclic) bond motifs is 8. The SMILES string of the molecule is [2H]c1cc(-c2c([2H])c([2H])c([2H])c3c([2H])c([2H])c([2H])c([2H])c23)c([2H])c(-c2c3c([2H])c([2H])c([2H])c([2H])c3c(-c3c([2H])c([2H])c([2H])c4oc5c6c([2H])c([2H])c([2H])c([2H])c6c([2H])c([2H])c5c34)c3c([2H])c([2H])c([2H])c([2H])c23)c1[2H]. The summed E-state index contributed by atoms with van der Waals surface area (Å²) in [6, 6.07) is -22.8. The Morgan fingerprint density at radius 1 is 0.383 bits per heavy atom.